The Bertz CT molecular complexity index is 975. The zero-order chi connectivity index (χ0) is 21.0. The number of benzene rings is 1. The number of methoxy groups -OCH3 is 2. The van der Waals surface area contributed by atoms with Crippen molar-refractivity contribution in [2.75, 3.05) is 45.7 Å². The Labute approximate surface area is 170 Å². The van der Waals surface area contributed by atoms with Gasteiger partial charge in [-0.15, -0.1) is 0 Å². The van der Waals surface area contributed by atoms with E-state index in [9.17, 15) is 13.2 Å². The lowest BCUT2D eigenvalue weighted by Gasteiger charge is -2.22. The van der Waals surface area contributed by atoms with Crippen molar-refractivity contribution in [1.29, 1.82) is 0 Å². The topological polar surface area (TPSA) is 106 Å². The molecule has 2 amide bonds. The van der Waals surface area contributed by atoms with Crippen molar-refractivity contribution in [2.45, 2.75) is 11.4 Å². The Kier molecular flexibility index (Phi) is 6.28. The number of ether oxygens (including phenoxy) is 2. The van der Waals surface area contributed by atoms with E-state index in [2.05, 4.69) is 10.3 Å². The van der Waals surface area contributed by atoms with E-state index in [0.29, 0.717) is 36.7 Å². The zero-order valence-corrected chi connectivity index (χ0v) is 17.5. The lowest BCUT2D eigenvalue weighted by atomic mass is 10.2. The van der Waals surface area contributed by atoms with Gasteiger partial charge in [0.15, 0.2) is 16.5 Å². The number of aryl methyl sites for hydroxylation is 1. The summed E-state index contributed by atoms with van der Waals surface area (Å²) in [6, 6.07) is 4.88. The number of nitrogens with one attached hydrogen (secondary N) is 1. The van der Waals surface area contributed by atoms with Crippen LogP contribution >= 0.6 is 0 Å². The standard InChI is InChI=1S/C18H25N5O5S/c1-21-12-16(19-13-21)29(25,26)23-9-5-8-22(10-11-23)18(24)20-14-6-4-7-15(27-2)17(14)28-3/h4,6-7,12-13H,5,8-11H2,1-3H3,(H,20,24). The largest absolute Gasteiger partial charge is 0.493 e. The van der Waals surface area contributed by atoms with E-state index in [0.717, 1.165) is 0 Å². The van der Waals surface area contributed by atoms with Crippen molar-refractivity contribution in [3.05, 3.63) is 30.7 Å². The average molecular weight is 423 g/mol. The maximum atomic E-state index is 12.8. The summed E-state index contributed by atoms with van der Waals surface area (Å²) in [6.45, 7) is 1.23. The number of urea groups is 1. The SMILES string of the molecule is COc1cccc(NC(=O)N2CCCN(S(=O)(=O)c3cn(C)cn3)CC2)c1OC. The van der Waals surface area contributed by atoms with Crippen molar-refractivity contribution in [3.8, 4) is 11.5 Å². The predicted molar refractivity (Wildman–Crippen MR) is 107 cm³/mol. The summed E-state index contributed by atoms with van der Waals surface area (Å²) in [5, 5.41) is 2.83. The Morgan fingerprint density at radius 1 is 1.14 bits per heavy atom. The summed E-state index contributed by atoms with van der Waals surface area (Å²) in [6.07, 6.45) is 3.44. The highest BCUT2D eigenvalue weighted by molar-refractivity contribution is 7.89. The summed E-state index contributed by atoms with van der Waals surface area (Å²) >= 11 is 0. The first-order chi connectivity index (χ1) is 13.9. The summed E-state index contributed by atoms with van der Waals surface area (Å²) in [7, 11) is 1.05. The van der Waals surface area contributed by atoms with Crippen LogP contribution in [0.15, 0.2) is 35.7 Å². The number of imidazole rings is 1. The molecule has 2 heterocycles. The Morgan fingerprint density at radius 3 is 2.59 bits per heavy atom. The molecule has 29 heavy (non-hydrogen) atoms. The minimum absolute atomic E-state index is 0.0130. The fraction of sp³-hybridized carbons (Fsp3) is 0.444. The van der Waals surface area contributed by atoms with Crippen LogP contribution in [0.4, 0.5) is 10.5 Å². The molecule has 0 saturated carbocycles. The van der Waals surface area contributed by atoms with Gasteiger partial charge in [0.2, 0.25) is 0 Å². The van der Waals surface area contributed by atoms with Gasteiger partial charge in [-0.2, -0.15) is 4.31 Å². The van der Waals surface area contributed by atoms with E-state index in [-0.39, 0.29) is 24.1 Å². The molecule has 10 nitrogen and oxygen atoms in total. The maximum absolute atomic E-state index is 12.8. The third kappa shape index (κ3) is 4.46. The Balaban J connectivity index is 1.69. The van der Waals surface area contributed by atoms with Crippen molar-refractivity contribution in [1.82, 2.24) is 18.8 Å². The molecule has 1 aliphatic rings. The van der Waals surface area contributed by atoms with E-state index >= 15 is 0 Å². The van der Waals surface area contributed by atoms with Crippen LogP contribution in [0.2, 0.25) is 0 Å². The van der Waals surface area contributed by atoms with E-state index in [1.165, 1.54) is 31.0 Å². The van der Waals surface area contributed by atoms with Gasteiger partial charge in [-0.05, 0) is 18.6 Å². The third-order valence-electron chi connectivity index (χ3n) is 4.67. The molecule has 1 saturated heterocycles. The molecule has 2 aromatic rings. The van der Waals surface area contributed by atoms with Crippen molar-refractivity contribution in [2.24, 2.45) is 7.05 Å². The highest BCUT2D eigenvalue weighted by atomic mass is 32.2. The second-order valence-corrected chi connectivity index (χ2v) is 8.48. The number of nitrogens with zero attached hydrogens (tertiary/aromatic N) is 4. The summed E-state index contributed by atoms with van der Waals surface area (Å²) < 4.78 is 39.1. The van der Waals surface area contributed by atoms with E-state index in [4.69, 9.17) is 9.47 Å². The van der Waals surface area contributed by atoms with Crippen LogP contribution < -0.4 is 14.8 Å². The molecular formula is C18H25N5O5S. The molecule has 1 fully saturated rings. The van der Waals surface area contributed by atoms with E-state index < -0.39 is 10.0 Å². The van der Waals surface area contributed by atoms with Gasteiger partial charge in [0.05, 0.1) is 26.2 Å². The second kappa shape index (κ2) is 8.70. The number of rotatable bonds is 5. The normalized spacial score (nSPS) is 15.6. The van der Waals surface area contributed by atoms with Crippen LogP contribution in [-0.2, 0) is 17.1 Å². The van der Waals surface area contributed by atoms with Crippen LogP contribution in [0, 0.1) is 0 Å². The molecule has 11 heteroatoms. The van der Waals surface area contributed by atoms with Gasteiger partial charge in [0.1, 0.15) is 0 Å². The number of sulfonamides is 1. The molecule has 1 aromatic carbocycles. The molecule has 0 spiro atoms. The average Bonchev–Trinajstić information content (AvgIpc) is 3.00. The Morgan fingerprint density at radius 2 is 1.93 bits per heavy atom. The van der Waals surface area contributed by atoms with Gasteiger partial charge >= 0.3 is 6.03 Å². The summed E-state index contributed by atoms with van der Waals surface area (Å²) in [5.41, 5.74) is 0.485. The smallest absolute Gasteiger partial charge is 0.321 e. The molecule has 0 radical (unpaired) electrons. The maximum Gasteiger partial charge on any atom is 0.321 e. The van der Waals surface area contributed by atoms with Crippen LogP contribution in [0.1, 0.15) is 6.42 Å². The van der Waals surface area contributed by atoms with Gasteiger partial charge < -0.3 is 24.3 Å². The lowest BCUT2D eigenvalue weighted by molar-refractivity contribution is 0.214. The number of hydrogen-bond acceptors (Lipinski definition) is 6. The van der Waals surface area contributed by atoms with Crippen molar-refractivity contribution >= 4 is 21.7 Å². The zero-order valence-electron chi connectivity index (χ0n) is 16.7. The molecule has 3 rings (SSSR count). The fourth-order valence-electron chi connectivity index (χ4n) is 3.17. The van der Waals surface area contributed by atoms with Gasteiger partial charge in [0, 0.05) is 39.4 Å². The fourth-order valence-corrected chi connectivity index (χ4v) is 4.61. The van der Waals surface area contributed by atoms with Crippen LogP contribution in [-0.4, -0.2) is 73.6 Å². The molecule has 0 unspecified atom stereocenters. The summed E-state index contributed by atoms with van der Waals surface area (Å²) in [4.78, 5) is 18.3. The van der Waals surface area contributed by atoms with Gasteiger partial charge in [0.25, 0.3) is 10.0 Å². The highest BCUT2D eigenvalue weighted by Crippen LogP contribution is 2.34. The number of hydrogen-bond donors (Lipinski definition) is 1. The van der Waals surface area contributed by atoms with Crippen LogP contribution in [0.3, 0.4) is 0 Å². The van der Waals surface area contributed by atoms with Crippen molar-refractivity contribution in [3.63, 3.8) is 0 Å². The molecule has 0 aliphatic carbocycles. The minimum Gasteiger partial charge on any atom is -0.493 e. The number of aromatic nitrogens is 2. The second-order valence-electron chi connectivity index (χ2n) is 6.59. The molecule has 1 N–H and O–H groups in total. The Hall–Kier alpha value is -2.79. The van der Waals surface area contributed by atoms with E-state index in [1.54, 1.807) is 34.7 Å². The van der Waals surface area contributed by atoms with Crippen molar-refractivity contribution < 1.29 is 22.7 Å². The molecule has 1 aliphatic heterocycles. The van der Waals surface area contributed by atoms with Crippen LogP contribution in [0.5, 0.6) is 11.5 Å². The van der Waals surface area contributed by atoms with Gasteiger partial charge in [-0.1, -0.05) is 6.07 Å². The predicted octanol–water partition coefficient (Wildman–Crippen LogP) is 1.37. The summed E-state index contributed by atoms with van der Waals surface area (Å²) in [5.74, 6) is 0.936. The molecular weight excluding hydrogens is 398 g/mol. The number of para-hydroxylation sites is 1. The van der Waals surface area contributed by atoms with Crippen LogP contribution in [0.25, 0.3) is 0 Å². The highest BCUT2D eigenvalue weighted by Gasteiger charge is 2.30. The lowest BCUT2D eigenvalue weighted by Crippen LogP contribution is -2.39. The molecule has 0 bridgehead atoms. The first-order valence-electron chi connectivity index (χ1n) is 9.12. The molecule has 0 atom stereocenters. The monoisotopic (exact) mass is 423 g/mol. The number of anilines is 1. The molecule has 1 aromatic heterocycles. The van der Waals surface area contributed by atoms with E-state index in [1.807, 2.05) is 0 Å². The number of carbonyl (C=O) groups is 1. The minimum atomic E-state index is -3.69. The first-order valence-corrected chi connectivity index (χ1v) is 10.6. The number of amides is 2. The van der Waals surface area contributed by atoms with Gasteiger partial charge in [-0.25, -0.2) is 18.2 Å². The quantitative estimate of drug-likeness (QED) is 0.779. The first kappa shape index (κ1) is 20.9. The number of carbonyl (C=O) groups excluding carboxylic acids is 1. The third-order valence-corrected chi connectivity index (χ3v) is 6.46. The van der Waals surface area contributed by atoms with Gasteiger partial charge in [-0.3, -0.25) is 0 Å². The molecule has 158 valence electrons.